The van der Waals surface area contributed by atoms with Gasteiger partial charge in [-0.2, -0.15) is 4.31 Å². The molecule has 0 bridgehead atoms. The lowest BCUT2D eigenvalue weighted by Crippen LogP contribution is -2.43. The molecule has 0 unspecified atom stereocenters. The Kier molecular flexibility index (Phi) is 6.14. The Hall–Kier alpha value is -2.81. The quantitative estimate of drug-likeness (QED) is 0.420. The van der Waals surface area contributed by atoms with Crippen LogP contribution in [0.3, 0.4) is 0 Å². The van der Waals surface area contributed by atoms with E-state index in [1.54, 1.807) is 12.1 Å². The molecular weight excluding hydrogens is 472 g/mol. The van der Waals surface area contributed by atoms with Crippen molar-refractivity contribution in [2.75, 3.05) is 19.6 Å². The first-order chi connectivity index (χ1) is 16.3. The number of hydrogen-bond donors (Lipinski definition) is 2. The van der Waals surface area contributed by atoms with Crippen LogP contribution in [-0.4, -0.2) is 47.8 Å². The molecule has 1 aliphatic rings. The normalized spacial score (nSPS) is 15.8. The van der Waals surface area contributed by atoms with Gasteiger partial charge in [0.15, 0.2) is 0 Å². The summed E-state index contributed by atoms with van der Waals surface area (Å²) in [6, 6.07) is 12.9. The zero-order chi connectivity index (χ0) is 23.9. The smallest absolute Gasteiger partial charge is 0.243 e. The van der Waals surface area contributed by atoms with Crippen molar-refractivity contribution >= 4 is 49.3 Å². The van der Waals surface area contributed by atoms with Crippen LogP contribution >= 0.6 is 11.6 Å². The lowest BCUT2D eigenvalue weighted by Gasteiger charge is -2.30. The Balaban J connectivity index is 1.16. The molecule has 0 aliphatic carbocycles. The van der Waals surface area contributed by atoms with Crippen LogP contribution in [0.15, 0.2) is 59.8 Å². The van der Waals surface area contributed by atoms with Crippen LogP contribution in [0.25, 0.3) is 21.8 Å². The number of benzene rings is 2. The number of hydrogen-bond acceptors (Lipinski definition) is 3. The number of nitrogens with zero attached hydrogens (tertiary/aromatic N) is 2. The van der Waals surface area contributed by atoms with Crippen molar-refractivity contribution in [3.63, 3.8) is 0 Å². The van der Waals surface area contributed by atoms with E-state index in [9.17, 15) is 13.2 Å². The number of aromatic nitrogens is 2. The molecule has 1 aliphatic heterocycles. The standard InChI is InChI=1S/C25H27ClN4O3S/c1-29-11-7-18-14-21(3-5-24(18)29)34(32,33)30-12-8-17(9-13-30)25(31)27-10-6-19-16-28-23-4-2-20(26)15-22(19)23/h2-5,7,11,14-17,28H,6,8-10,12-13H2,1H3,(H,27,31). The number of amides is 1. The fourth-order valence-electron chi connectivity index (χ4n) is 4.75. The molecule has 9 heteroatoms. The molecule has 3 heterocycles. The molecule has 34 heavy (non-hydrogen) atoms. The van der Waals surface area contributed by atoms with E-state index >= 15 is 0 Å². The molecule has 0 spiro atoms. The fourth-order valence-corrected chi connectivity index (χ4v) is 6.43. The third kappa shape index (κ3) is 4.33. The number of fused-ring (bicyclic) bond motifs is 2. The topological polar surface area (TPSA) is 87.2 Å². The summed E-state index contributed by atoms with van der Waals surface area (Å²) in [5, 5.41) is 5.67. The minimum atomic E-state index is -3.59. The van der Waals surface area contributed by atoms with E-state index in [4.69, 9.17) is 11.6 Å². The SMILES string of the molecule is Cn1ccc2cc(S(=O)(=O)N3CCC(C(=O)NCCc4c[nH]c5ccc(Cl)cc45)CC3)ccc21. The van der Waals surface area contributed by atoms with E-state index in [-0.39, 0.29) is 11.8 Å². The number of H-pyrrole nitrogens is 1. The van der Waals surface area contributed by atoms with Crippen LogP contribution in [-0.2, 0) is 28.3 Å². The highest BCUT2D eigenvalue weighted by molar-refractivity contribution is 7.89. The number of carbonyl (C=O) groups is 1. The number of sulfonamides is 1. The van der Waals surface area contributed by atoms with Crippen LogP contribution in [0.1, 0.15) is 18.4 Å². The average molecular weight is 499 g/mol. The second-order valence-electron chi connectivity index (χ2n) is 8.87. The summed E-state index contributed by atoms with van der Waals surface area (Å²) in [6.07, 6.45) is 5.59. The van der Waals surface area contributed by atoms with Gasteiger partial charge in [-0.15, -0.1) is 0 Å². The largest absolute Gasteiger partial charge is 0.361 e. The van der Waals surface area contributed by atoms with Crippen molar-refractivity contribution in [1.82, 2.24) is 19.2 Å². The summed E-state index contributed by atoms with van der Waals surface area (Å²) < 4.78 is 29.8. The number of halogens is 1. The van der Waals surface area contributed by atoms with Crippen molar-refractivity contribution in [2.45, 2.75) is 24.2 Å². The van der Waals surface area contributed by atoms with E-state index in [0.29, 0.717) is 48.8 Å². The molecule has 4 aromatic rings. The molecule has 1 amide bonds. The van der Waals surface area contributed by atoms with Gasteiger partial charge < -0.3 is 14.9 Å². The van der Waals surface area contributed by atoms with Crippen LogP contribution in [0.5, 0.6) is 0 Å². The van der Waals surface area contributed by atoms with E-state index in [0.717, 1.165) is 27.4 Å². The van der Waals surface area contributed by atoms with E-state index < -0.39 is 10.0 Å². The van der Waals surface area contributed by atoms with Crippen LogP contribution < -0.4 is 5.32 Å². The monoisotopic (exact) mass is 498 g/mol. The first kappa shape index (κ1) is 23.0. The molecule has 0 atom stereocenters. The maximum Gasteiger partial charge on any atom is 0.243 e. The van der Waals surface area contributed by atoms with Gasteiger partial charge in [0.2, 0.25) is 15.9 Å². The third-order valence-electron chi connectivity index (χ3n) is 6.74. The average Bonchev–Trinajstić information content (AvgIpc) is 3.41. The summed E-state index contributed by atoms with van der Waals surface area (Å²) >= 11 is 6.11. The molecule has 5 rings (SSSR count). The Bertz CT molecular complexity index is 1470. The van der Waals surface area contributed by atoms with Gasteiger partial charge in [0.25, 0.3) is 0 Å². The summed E-state index contributed by atoms with van der Waals surface area (Å²) in [7, 11) is -1.65. The van der Waals surface area contributed by atoms with Gasteiger partial charge >= 0.3 is 0 Å². The predicted molar refractivity (Wildman–Crippen MR) is 134 cm³/mol. The minimum Gasteiger partial charge on any atom is -0.361 e. The van der Waals surface area contributed by atoms with Crippen molar-refractivity contribution in [1.29, 1.82) is 0 Å². The van der Waals surface area contributed by atoms with Crippen molar-refractivity contribution in [3.05, 3.63) is 65.4 Å². The van der Waals surface area contributed by atoms with Crippen LogP contribution in [0, 0.1) is 5.92 Å². The molecule has 2 aromatic carbocycles. The van der Waals surface area contributed by atoms with Gasteiger partial charge in [-0.25, -0.2) is 8.42 Å². The van der Waals surface area contributed by atoms with Crippen molar-refractivity contribution in [3.8, 4) is 0 Å². The van der Waals surface area contributed by atoms with Crippen LogP contribution in [0.4, 0.5) is 0 Å². The highest BCUT2D eigenvalue weighted by Gasteiger charge is 2.32. The fraction of sp³-hybridized carbons (Fsp3) is 0.320. The number of nitrogens with one attached hydrogen (secondary N) is 2. The second-order valence-corrected chi connectivity index (χ2v) is 11.2. The lowest BCUT2D eigenvalue weighted by atomic mass is 9.97. The number of aryl methyl sites for hydroxylation is 1. The summed E-state index contributed by atoms with van der Waals surface area (Å²) in [5.41, 5.74) is 3.12. The Morgan fingerprint density at radius 1 is 1.15 bits per heavy atom. The molecule has 2 N–H and O–H groups in total. The molecule has 1 saturated heterocycles. The third-order valence-corrected chi connectivity index (χ3v) is 8.87. The van der Waals surface area contributed by atoms with Gasteiger partial charge in [0, 0.05) is 71.8 Å². The lowest BCUT2D eigenvalue weighted by molar-refractivity contribution is -0.126. The van der Waals surface area contributed by atoms with Crippen molar-refractivity contribution in [2.24, 2.45) is 13.0 Å². The van der Waals surface area contributed by atoms with Gasteiger partial charge in [0.05, 0.1) is 4.90 Å². The maximum absolute atomic E-state index is 13.2. The maximum atomic E-state index is 13.2. The van der Waals surface area contributed by atoms with Gasteiger partial charge in [0.1, 0.15) is 0 Å². The number of aromatic amines is 1. The Labute approximate surface area is 203 Å². The summed E-state index contributed by atoms with van der Waals surface area (Å²) in [6.45, 7) is 1.20. The number of rotatable bonds is 6. The molecular formula is C25H27ClN4O3S. The van der Waals surface area contributed by atoms with E-state index in [2.05, 4.69) is 10.3 Å². The first-order valence-electron chi connectivity index (χ1n) is 11.4. The number of carbonyl (C=O) groups excluding carboxylic acids is 1. The van der Waals surface area contributed by atoms with Crippen LogP contribution in [0.2, 0.25) is 5.02 Å². The Morgan fingerprint density at radius 2 is 1.94 bits per heavy atom. The predicted octanol–water partition coefficient (Wildman–Crippen LogP) is 4.07. The van der Waals surface area contributed by atoms with E-state index in [1.165, 1.54) is 4.31 Å². The highest BCUT2D eigenvalue weighted by atomic mass is 35.5. The molecule has 7 nitrogen and oxygen atoms in total. The Morgan fingerprint density at radius 3 is 2.74 bits per heavy atom. The zero-order valence-corrected chi connectivity index (χ0v) is 20.5. The zero-order valence-electron chi connectivity index (χ0n) is 18.9. The van der Waals surface area contributed by atoms with Gasteiger partial charge in [-0.05, 0) is 67.3 Å². The molecule has 1 fully saturated rings. The summed E-state index contributed by atoms with van der Waals surface area (Å²) in [5.74, 6) is -0.193. The second kappa shape index (κ2) is 9.09. The minimum absolute atomic E-state index is 0.0133. The summed E-state index contributed by atoms with van der Waals surface area (Å²) in [4.78, 5) is 16.2. The highest BCUT2D eigenvalue weighted by Crippen LogP contribution is 2.27. The first-order valence-corrected chi connectivity index (χ1v) is 13.2. The molecule has 178 valence electrons. The van der Waals surface area contributed by atoms with E-state index in [1.807, 2.05) is 54.3 Å². The molecule has 0 radical (unpaired) electrons. The van der Waals surface area contributed by atoms with Gasteiger partial charge in [-0.1, -0.05) is 11.6 Å². The van der Waals surface area contributed by atoms with Gasteiger partial charge in [-0.3, -0.25) is 4.79 Å². The molecule has 0 saturated carbocycles. The van der Waals surface area contributed by atoms with Crippen molar-refractivity contribution < 1.29 is 13.2 Å². The number of piperidine rings is 1. The molecule has 2 aromatic heterocycles.